The maximum atomic E-state index is 8.78. The van der Waals surface area contributed by atoms with E-state index in [1.807, 2.05) is 6.92 Å². The summed E-state index contributed by atoms with van der Waals surface area (Å²) < 4.78 is 0.670. The number of alkyl halides is 1. The minimum atomic E-state index is -1.33. The molecule has 1 aliphatic rings. The molecule has 4 nitrogen and oxygen atoms in total. The third-order valence-electron chi connectivity index (χ3n) is 2.18. The fraction of sp³-hybridized carbons (Fsp3) is 0.700. The van der Waals surface area contributed by atoms with Gasteiger partial charge in [-0.25, -0.2) is 4.79 Å². The van der Waals surface area contributed by atoms with Crippen molar-refractivity contribution >= 4 is 28.7 Å². The molecule has 1 fully saturated rings. The summed E-state index contributed by atoms with van der Waals surface area (Å²) in [5.74, 6) is 6.60. The summed E-state index contributed by atoms with van der Waals surface area (Å²) >= 11 is 2.47. The van der Waals surface area contributed by atoms with Gasteiger partial charge in [0.05, 0.1) is 0 Å². The SMILES string of the molecule is CC#CC1C(N)CCCC1I.NC(=O)O. The monoisotopic (exact) mass is 324 g/mol. The zero-order chi connectivity index (χ0) is 11.8. The van der Waals surface area contributed by atoms with Gasteiger partial charge in [0.2, 0.25) is 0 Å². The molecule has 0 spiro atoms. The summed E-state index contributed by atoms with van der Waals surface area (Å²) in [6, 6.07) is 0.318. The summed E-state index contributed by atoms with van der Waals surface area (Å²) in [7, 11) is 0. The van der Waals surface area contributed by atoms with Gasteiger partial charge >= 0.3 is 6.09 Å². The molecule has 0 aliphatic heterocycles. The minimum absolute atomic E-state index is 0.318. The first-order valence-electron chi connectivity index (χ1n) is 4.79. The van der Waals surface area contributed by atoms with Crippen LogP contribution in [0.1, 0.15) is 26.2 Å². The first kappa shape index (κ1) is 14.5. The Balaban J connectivity index is 0.000000423. The number of hydrogen-bond acceptors (Lipinski definition) is 2. The van der Waals surface area contributed by atoms with Crippen molar-refractivity contribution in [1.29, 1.82) is 0 Å². The highest BCUT2D eigenvalue weighted by Gasteiger charge is 2.27. The van der Waals surface area contributed by atoms with Crippen molar-refractivity contribution in [3.05, 3.63) is 0 Å². The van der Waals surface area contributed by atoms with E-state index in [2.05, 4.69) is 40.2 Å². The number of nitrogens with two attached hydrogens (primary N) is 2. The Labute approximate surface area is 104 Å². The molecule has 0 bridgehead atoms. The Morgan fingerprint density at radius 1 is 1.53 bits per heavy atom. The van der Waals surface area contributed by atoms with Gasteiger partial charge in [0.15, 0.2) is 0 Å². The fourth-order valence-electron chi connectivity index (χ4n) is 1.54. The summed E-state index contributed by atoms with van der Waals surface area (Å²) in [5, 5.41) is 7.19. The van der Waals surface area contributed by atoms with Crippen LogP contribution in [0.5, 0.6) is 0 Å². The maximum Gasteiger partial charge on any atom is 0.402 e. The molecule has 0 saturated heterocycles. The summed E-state index contributed by atoms with van der Waals surface area (Å²) in [6.07, 6.45) is 2.38. The lowest BCUT2D eigenvalue weighted by molar-refractivity contribution is 0.205. The second-order valence-corrected chi connectivity index (χ2v) is 4.97. The highest BCUT2D eigenvalue weighted by atomic mass is 127. The van der Waals surface area contributed by atoms with Crippen LogP contribution in [0.3, 0.4) is 0 Å². The van der Waals surface area contributed by atoms with E-state index in [1.165, 1.54) is 12.8 Å². The summed E-state index contributed by atoms with van der Waals surface area (Å²) in [4.78, 5) is 8.78. The summed E-state index contributed by atoms with van der Waals surface area (Å²) in [5.41, 5.74) is 9.98. The second kappa shape index (κ2) is 7.77. The van der Waals surface area contributed by atoms with E-state index < -0.39 is 6.09 Å². The van der Waals surface area contributed by atoms with E-state index in [9.17, 15) is 0 Å². The van der Waals surface area contributed by atoms with Crippen LogP contribution < -0.4 is 11.5 Å². The molecule has 0 aromatic rings. The Hall–Kier alpha value is -0.480. The molecule has 3 atom stereocenters. The number of hydrogen-bond donors (Lipinski definition) is 3. The molecule has 0 aromatic carbocycles. The molecule has 86 valence electrons. The van der Waals surface area contributed by atoms with Gasteiger partial charge in [-0.15, -0.1) is 5.92 Å². The first-order valence-corrected chi connectivity index (χ1v) is 6.04. The number of carboxylic acid groups (broad SMARTS) is 1. The van der Waals surface area contributed by atoms with Gasteiger partial charge in [0.1, 0.15) is 0 Å². The lowest BCUT2D eigenvalue weighted by Crippen LogP contribution is -2.38. The molecule has 0 heterocycles. The molecule has 5 N–H and O–H groups in total. The van der Waals surface area contributed by atoms with E-state index >= 15 is 0 Å². The third-order valence-corrected chi connectivity index (χ3v) is 3.58. The first-order chi connectivity index (χ1) is 6.99. The quantitative estimate of drug-likeness (QED) is 0.359. The van der Waals surface area contributed by atoms with Gasteiger partial charge in [-0.1, -0.05) is 34.9 Å². The van der Waals surface area contributed by atoms with Gasteiger partial charge in [-0.3, -0.25) is 0 Å². The predicted molar refractivity (Wildman–Crippen MR) is 68.8 cm³/mol. The van der Waals surface area contributed by atoms with Crippen molar-refractivity contribution < 1.29 is 9.90 Å². The highest BCUT2D eigenvalue weighted by Crippen LogP contribution is 2.28. The number of rotatable bonds is 0. The van der Waals surface area contributed by atoms with Crippen molar-refractivity contribution in [3.8, 4) is 11.8 Å². The van der Waals surface area contributed by atoms with Gasteiger partial charge in [-0.2, -0.15) is 0 Å². The van der Waals surface area contributed by atoms with Crippen LogP contribution in [0.2, 0.25) is 0 Å². The molecule has 0 aromatic heterocycles. The molecule has 3 unspecified atom stereocenters. The normalized spacial score (nSPS) is 29.1. The van der Waals surface area contributed by atoms with Crippen molar-refractivity contribution in [2.45, 2.75) is 36.2 Å². The van der Waals surface area contributed by atoms with Crippen LogP contribution in [0.15, 0.2) is 0 Å². The van der Waals surface area contributed by atoms with E-state index in [4.69, 9.17) is 15.6 Å². The van der Waals surface area contributed by atoms with Gasteiger partial charge in [0, 0.05) is 15.9 Å². The fourth-order valence-corrected chi connectivity index (χ4v) is 2.69. The van der Waals surface area contributed by atoms with Crippen molar-refractivity contribution in [2.75, 3.05) is 0 Å². The van der Waals surface area contributed by atoms with Crippen molar-refractivity contribution in [1.82, 2.24) is 0 Å². The number of halogens is 1. The molecule has 5 heteroatoms. The van der Waals surface area contributed by atoms with Crippen LogP contribution in [-0.4, -0.2) is 21.2 Å². The molecule has 15 heavy (non-hydrogen) atoms. The summed E-state index contributed by atoms with van der Waals surface area (Å²) in [6.45, 7) is 1.89. The van der Waals surface area contributed by atoms with E-state index in [0.717, 1.165) is 6.42 Å². The number of amides is 1. The van der Waals surface area contributed by atoms with Crippen LogP contribution in [0, 0.1) is 17.8 Å². The Bertz CT molecular complexity index is 246. The van der Waals surface area contributed by atoms with Crippen molar-refractivity contribution in [2.24, 2.45) is 17.4 Å². The molecule has 1 aliphatic carbocycles. The largest absolute Gasteiger partial charge is 0.465 e. The van der Waals surface area contributed by atoms with E-state index in [-0.39, 0.29) is 0 Å². The highest BCUT2D eigenvalue weighted by molar-refractivity contribution is 14.1. The molecular weight excluding hydrogens is 307 g/mol. The van der Waals surface area contributed by atoms with E-state index in [1.54, 1.807) is 0 Å². The molecular formula is C10H17IN2O2. The van der Waals surface area contributed by atoms with Crippen LogP contribution >= 0.6 is 22.6 Å². The van der Waals surface area contributed by atoms with Crippen LogP contribution in [0.25, 0.3) is 0 Å². The minimum Gasteiger partial charge on any atom is -0.465 e. The van der Waals surface area contributed by atoms with Gasteiger partial charge in [0.25, 0.3) is 0 Å². The van der Waals surface area contributed by atoms with Gasteiger partial charge in [-0.05, 0) is 19.8 Å². The van der Waals surface area contributed by atoms with Crippen molar-refractivity contribution in [3.63, 3.8) is 0 Å². The number of carbonyl (C=O) groups is 1. The average molecular weight is 324 g/mol. The Morgan fingerprint density at radius 3 is 2.47 bits per heavy atom. The van der Waals surface area contributed by atoms with Gasteiger partial charge < -0.3 is 16.6 Å². The smallest absolute Gasteiger partial charge is 0.402 e. The Kier molecular flexibility index (Phi) is 7.52. The maximum absolute atomic E-state index is 8.78. The zero-order valence-corrected chi connectivity index (χ0v) is 10.9. The third kappa shape index (κ3) is 6.57. The lowest BCUT2D eigenvalue weighted by Gasteiger charge is -2.29. The molecule has 1 saturated carbocycles. The van der Waals surface area contributed by atoms with E-state index in [0.29, 0.717) is 15.9 Å². The zero-order valence-electron chi connectivity index (χ0n) is 8.74. The van der Waals surface area contributed by atoms with Crippen LogP contribution in [-0.2, 0) is 0 Å². The van der Waals surface area contributed by atoms with Crippen LogP contribution in [0.4, 0.5) is 4.79 Å². The predicted octanol–water partition coefficient (Wildman–Crippen LogP) is 1.56. The lowest BCUT2D eigenvalue weighted by atomic mass is 9.85. The second-order valence-electron chi connectivity index (χ2n) is 3.37. The Morgan fingerprint density at radius 2 is 2.07 bits per heavy atom. The standard InChI is InChI=1S/C9H14IN.CH3NO2/c1-2-4-7-8(10)5-3-6-9(7)11;2-1(3)4/h7-9H,3,5-6,11H2,1H3;2H2,(H,3,4). The molecule has 1 amide bonds. The average Bonchev–Trinajstić information content (AvgIpc) is 2.11. The topological polar surface area (TPSA) is 89.3 Å². The molecule has 1 rings (SSSR count). The number of primary amides is 1. The molecule has 0 radical (unpaired) electrons.